The van der Waals surface area contributed by atoms with Crippen LogP contribution in [0, 0.1) is 6.92 Å². The number of para-hydroxylation sites is 4. The zero-order chi connectivity index (χ0) is 29.6. The number of aromatic nitrogens is 2. The Morgan fingerprint density at radius 2 is 1.09 bits per heavy atom. The molecule has 6 aromatic carbocycles. The van der Waals surface area contributed by atoms with Gasteiger partial charge in [-0.1, -0.05) is 78.9 Å². The van der Waals surface area contributed by atoms with E-state index in [1.807, 2.05) is 91.0 Å². The molecular formula is C37H30N2O4. The summed E-state index contributed by atoms with van der Waals surface area (Å²) in [6, 6.07) is 39.9. The van der Waals surface area contributed by atoms with Crippen LogP contribution in [0.2, 0.25) is 0 Å². The summed E-state index contributed by atoms with van der Waals surface area (Å²) >= 11 is 0. The minimum atomic E-state index is 0.634. The Hall–Kier alpha value is -5.62. The van der Waals surface area contributed by atoms with E-state index in [2.05, 4.69) is 47.2 Å². The molecule has 0 spiro atoms. The van der Waals surface area contributed by atoms with Crippen LogP contribution < -0.4 is 9.47 Å². The Balaban J connectivity index is 0.000000127. The molecule has 2 aromatic heterocycles. The lowest BCUT2D eigenvalue weighted by atomic mass is 10.0. The van der Waals surface area contributed by atoms with Crippen LogP contribution in [0.4, 0.5) is 0 Å². The van der Waals surface area contributed by atoms with Crippen molar-refractivity contribution in [3.05, 3.63) is 133 Å². The third kappa shape index (κ3) is 5.76. The van der Waals surface area contributed by atoms with Crippen molar-refractivity contribution in [3.8, 4) is 23.0 Å². The number of rotatable bonds is 3. The number of benzene rings is 6. The summed E-state index contributed by atoms with van der Waals surface area (Å²) < 4.78 is 21.6. The van der Waals surface area contributed by atoms with Gasteiger partial charge in [0.2, 0.25) is 5.89 Å². The van der Waals surface area contributed by atoms with Crippen molar-refractivity contribution in [2.75, 3.05) is 14.2 Å². The van der Waals surface area contributed by atoms with Crippen LogP contribution in [0.3, 0.4) is 0 Å². The van der Waals surface area contributed by atoms with E-state index in [1.54, 1.807) is 14.2 Å². The number of ether oxygens (including phenoxy) is 2. The number of nitrogens with zero attached hydrogens (tertiary/aromatic N) is 2. The summed E-state index contributed by atoms with van der Waals surface area (Å²) in [5, 5.41) is 4.58. The molecule has 0 aliphatic carbocycles. The number of fused-ring (bicyclic) bond motifs is 4. The number of hydrogen-bond donors (Lipinski definition) is 0. The maximum Gasteiger partial charge on any atom is 0.227 e. The average Bonchev–Trinajstić information content (AvgIpc) is 3.73. The zero-order valence-electron chi connectivity index (χ0n) is 24.2. The Bertz CT molecular complexity index is 2080. The monoisotopic (exact) mass is 566 g/mol. The summed E-state index contributed by atoms with van der Waals surface area (Å²) in [6.45, 7) is 2.11. The summed E-state index contributed by atoms with van der Waals surface area (Å²) in [5.41, 5.74) is 5.69. The van der Waals surface area contributed by atoms with Crippen molar-refractivity contribution in [3.63, 3.8) is 0 Å². The van der Waals surface area contributed by atoms with Gasteiger partial charge in [0, 0.05) is 16.3 Å². The van der Waals surface area contributed by atoms with Crippen molar-refractivity contribution in [2.24, 2.45) is 0 Å². The molecular weight excluding hydrogens is 536 g/mol. The Labute approximate surface area is 249 Å². The highest BCUT2D eigenvalue weighted by molar-refractivity contribution is 5.99. The number of aryl methyl sites for hydroxylation is 1. The van der Waals surface area contributed by atoms with Gasteiger partial charge in [-0.05, 0) is 65.7 Å². The molecule has 6 heteroatoms. The lowest BCUT2D eigenvalue weighted by Crippen LogP contribution is -1.87. The molecule has 0 atom stereocenters. The van der Waals surface area contributed by atoms with Crippen LogP contribution in [-0.4, -0.2) is 24.2 Å². The normalized spacial score (nSPS) is 10.7. The molecule has 0 unspecified atom stereocenters. The fourth-order valence-corrected chi connectivity index (χ4v) is 5.03. The van der Waals surface area contributed by atoms with Gasteiger partial charge in [-0.15, -0.1) is 0 Å². The first-order valence-corrected chi connectivity index (χ1v) is 13.9. The van der Waals surface area contributed by atoms with Crippen molar-refractivity contribution in [2.45, 2.75) is 6.92 Å². The second kappa shape index (κ2) is 12.5. The first-order valence-electron chi connectivity index (χ1n) is 13.9. The molecule has 8 aromatic rings. The second-order valence-corrected chi connectivity index (χ2v) is 9.80. The Morgan fingerprint density at radius 1 is 0.535 bits per heavy atom. The van der Waals surface area contributed by atoms with Crippen molar-refractivity contribution < 1.29 is 18.3 Å². The number of oxazole rings is 2. The lowest BCUT2D eigenvalue weighted by Gasteiger charge is -2.08. The fourth-order valence-electron chi connectivity index (χ4n) is 5.03. The standard InChI is InChI=1S/C18H13NO2.C12H12O.C7H5NO/c1-20-16-11-10-14(12-6-2-3-7-13(12)16)18-19-15-8-4-5-9-17(15)21-18;1-9-7-8-12(13-2)11-6-4-3-5-10(9)11;1-2-4-7-6(3-1)8-5-9-7/h2-11H,1H3;3-8H,1-2H3;1-5H. The molecule has 212 valence electrons. The highest BCUT2D eigenvalue weighted by atomic mass is 16.5. The van der Waals surface area contributed by atoms with E-state index in [1.165, 1.54) is 22.7 Å². The average molecular weight is 567 g/mol. The van der Waals surface area contributed by atoms with Crippen LogP contribution in [-0.2, 0) is 0 Å². The summed E-state index contributed by atoms with van der Waals surface area (Å²) in [7, 11) is 3.39. The Kier molecular flexibility index (Phi) is 8.00. The van der Waals surface area contributed by atoms with Crippen molar-refractivity contribution in [1.82, 2.24) is 9.97 Å². The van der Waals surface area contributed by atoms with E-state index in [9.17, 15) is 0 Å². The molecule has 6 nitrogen and oxygen atoms in total. The van der Waals surface area contributed by atoms with Gasteiger partial charge < -0.3 is 18.3 Å². The van der Waals surface area contributed by atoms with Gasteiger partial charge in [0.1, 0.15) is 22.5 Å². The van der Waals surface area contributed by atoms with Crippen LogP contribution in [0.1, 0.15) is 5.56 Å². The van der Waals surface area contributed by atoms with E-state index in [0.29, 0.717) is 5.89 Å². The fraction of sp³-hybridized carbons (Fsp3) is 0.0811. The topological polar surface area (TPSA) is 70.5 Å². The third-order valence-corrected chi connectivity index (χ3v) is 7.19. The predicted molar refractivity (Wildman–Crippen MR) is 173 cm³/mol. The smallest absolute Gasteiger partial charge is 0.227 e. The van der Waals surface area contributed by atoms with Crippen LogP contribution in [0.25, 0.3) is 55.2 Å². The molecule has 0 N–H and O–H groups in total. The van der Waals surface area contributed by atoms with Gasteiger partial charge in [-0.3, -0.25) is 0 Å². The van der Waals surface area contributed by atoms with Crippen LogP contribution >= 0.6 is 0 Å². The molecule has 0 fully saturated rings. The molecule has 0 saturated heterocycles. The molecule has 43 heavy (non-hydrogen) atoms. The minimum Gasteiger partial charge on any atom is -0.496 e. The van der Waals surface area contributed by atoms with Gasteiger partial charge in [0.05, 0.1) is 14.2 Å². The third-order valence-electron chi connectivity index (χ3n) is 7.19. The molecule has 0 aliphatic rings. The van der Waals surface area contributed by atoms with Crippen LogP contribution in [0.5, 0.6) is 11.5 Å². The molecule has 2 heterocycles. The largest absolute Gasteiger partial charge is 0.496 e. The molecule has 0 radical (unpaired) electrons. The molecule has 0 saturated carbocycles. The molecule has 0 aliphatic heterocycles. The van der Waals surface area contributed by atoms with Gasteiger partial charge in [-0.2, -0.15) is 0 Å². The van der Waals surface area contributed by atoms with E-state index < -0.39 is 0 Å². The highest BCUT2D eigenvalue weighted by Gasteiger charge is 2.13. The lowest BCUT2D eigenvalue weighted by molar-refractivity contribution is 0.419. The quantitative estimate of drug-likeness (QED) is 0.212. The maximum atomic E-state index is 5.88. The Morgan fingerprint density at radius 3 is 1.77 bits per heavy atom. The number of hydrogen-bond acceptors (Lipinski definition) is 6. The first-order chi connectivity index (χ1) is 21.2. The van der Waals surface area contributed by atoms with E-state index >= 15 is 0 Å². The highest BCUT2D eigenvalue weighted by Crippen LogP contribution is 2.35. The summed E-state index contributed by atoms with van der Waals surface area (Å²) in [5.74, 6) is 2.43. The minimum absolute atomic E-state index is 0.634. The van der Waals surface area contributed by atoms with Crippen LogP contribution in [0.15, 0.2) is 137 Å². The van der Waals surface area contributed by atoms with Crippen molar-refractivity contribution in [1.29, 1.82) is 0 Å². The van der Waals surface area contributed by atoms with Gasteiger partial charge >= 0.3 is 0 Å². The van der Waals surface area contributed by atoms with E-state index in [-0.39, 0.29) is 0 Å². The van der Waals surface area contributed by atoms with Gasteiger partial charge in [-0.25, -0.2) is 9.97 Å². The predicted octanol–water partition coefficient (Wildman–Crippen LogP) is 9.64. The van der Waals surface area contributed by atoms with Gasteiger partial charge in [0.15, 0.2) is 17.6 Å². The second-order valence-electron chi connectivity index (χ2n) is 9.80. The molecule has 0 amide bonds. The zero-order valence-corrected chi connectivity index (χ0v) is 24.2. The van der Waals surface area contributed by atoms with Gasteiger partial charge in [0.25, 0.3) is 0 Å². The molecule has 0 bridgehead atoms. The van der Waals surface area contributed by atoms with E-state index in [0.717, 1.165) is 50.0 Å². The summed E-state index contributed by atoms with van der Waals surface area (Å²) in [4.78, 5) is 8.53. The SMILES string of the molecule is COc1ccc(-c2nc3ccccc3o2)c2ccccc12.COc1ccc(C)c2ccccc12.c1ccc2ocnc2c1. The molecule has 8 rings (SSSR count). The number of methoxy groups -OCH3 is 2. The first kappa shape index (κ1) is 27.5. The van der Waals surface area contributed by atoms with E-state index in [4.69, 9.17) is 18.3 Å². The maximum absolute atomic E-state index is 5.88. The van der Waals surface area contributed by atoms with Crippen molar-refractivity contribution >= 4 is 43.7 Å². The summed E-state index contributed by atoms with van der Waals surface area (Å²) in [6.07, 6.45) is 1.45.